The molecule has 1 aliphatic heterocycles. The van der Waals surface area contributed by atoms with Crippen molar-refractivity contribution in [2.24, 2.45) is 0 Å². The topological polar surface area (TPSA) is 96.4 Å². The maximum Gasteiger partial charge on any atom is 0.355 e. The lowest BCUT2D eigenvalue weighted by atomic mass is 9.87. The summed E-state index contributed by atoms with van der Waals surface area (Å²) in [4.78, 5) is 38.3. The summed E-state index contributed by atoms with van der Waals surface area (Å²) in [7, 11) is 0. The number of hydrogen-bond donors (Lipinski definition) is 2. The number of amides is 2. The minimum atomic E-state index is -1.11. The molecule has 1 aromatic heterocycles. The molecule has 0 radical (unpaired) electrons. The van der Waals surface area contributed by atoms with Gasteiger partial charge in [0.2, 0.25) is 11.8 Å². The number of hydrogen-bond acceptors (Lipinski definition) is 4. The van der Waals surface area contributed by atoms with E-state index in [1.807, 2.05) is 0 Å². The summed E-state index contributed by atoms with van der Waals surface area (Å²) < 4.78 is 0. The highest BCUT2D eigenvalue weighted by Gasteiger charge is 2.29. The lowest BCUT2D eigenvalue weighted by Gasteiger charge is -2.22. The van der Waals surface area contributed by atoms with Gasteiger partial charge in [-0.15, -0.1) is 0 Å². The van der Waals surface area contributed by atoms with E-state index in [-0.39, 0.29) is 23.9 Å². The maximum atomic E-state index is 12.0. The van der Waals surface area contributed by atoms with Crippen LogP contribution in [0, 0.1) is 0 Å². The Kier molecular flexibility index (Phi) is 3.13. The van der Waals surface area contributed by atoms with Crippen LogP contribution in [0.15, 0.2) is 30.5 Å². The molecule has 21 heavy (non-hydrogen) atoms. The van der Waals surface area contributed by atoms with Gasteiger partial charge < -0.3 is 5.11 Å². The second-order valence-electron chi connectivity index (χ2n) is 4.91. The molecule has 0 spiro atoms. The molecule has 1 fully saturated rings. The Hall–Kier alpha value is -2.76. The maximum absolute atomic E-state index is 12.0. The van der Waals surface area contributed by atoms with Crippen LogP contribution in [-0.2, 0) is 9.59 Å². The molecule has 6 nitrogen and oxygen atoms in total. The molecule has 2 N–H and O–H groups in total. The van der Waals surface area contributed by atoms with Crippen LogP contribution in [0.2, 0.25) is 0 Å². The highest BCUT2D eigenvalue weighted by Crippen LogP contribution is 2.31. The molecule has 1 unspecified atom stereocenters. The van der Waals surface area contributed by atoms with E-state index in [1.54, 1.807) is 24.3 Å². The van der Waals surface area contributed by atoms with Gasteiger partial charge in [0, 0.05) is 18.0 Å². The largest absolute Gasteiger partial charge is 0.476 e. The first-order valence-corrected chi connectivity index (χ1v) is 6.52. The minimum absolute atomic E-state index is 0.0401. The summed E-state index contributed by atoms with van der Waals surface area (Å²) in [5, 5.41) is 12.7. The molecular weight excluding hydrogens is 272 g/mol. The third kappa shape index (κ3) is 2.24. The Morgan fingerprint density at radius 3 is 2.76 bits per heavy atom. The van der Waals surface area contributed by atoms with E-state index in [2.05, 4.69) is 10.3 Å². The van der Waals surface area contributed by atoms with Crippen molar-refractivity contribution in [1.29, 1.82) is 0 Å². The zero-order valence-electron chi connectivity index (χ0n) is 11.0. The fourth-order valence-electron chi connectivity index (χ4n) is 2.70. The number of imide groups is 1. The summed E-state index contributed by atoms with van der Waals surface area (Å²) in [6.45, 7) is 0. The molecule has 1 atom stereocenters. The van der Waals surface area contributed by atoms with Crippen molar-refractivity contribution in [2.45, 2.75) is 18.8 Å². The summed E-state index contributed by atoms with van der Waals surface area (Å²) >= 11 is 0. The van der Waals surface area contributed by atoms with Gasteiger partial charge >= 0.3 is 5.97 Å². The molecular formula is C15H12N2O4. The Morgan fingerprint density at radius 1 is 1.24 bits per heavy atom. The van der Waals surface area contributed by atoms with E-state index in [0.29, 0.717) is 17.2 Å². The van der Waals surface area contributed by atoms with Gasteiger partial charge in [0.15, 0.2) is 5.69 Å². The first-order chi connectivity index (χ1) is 10.1. The number of piperidine rings is 1. The normalized spacial score (nSPS) is 18.6. The SMILES string of the molecule is O=C1CCC(c2cccc3c(C(=O)O)nccc23)C(=O)N1. The molecule has 106 valence electrons. The number of carboxylic acid groups (broad SMARTS) is 1. The number of aromatic nitrogens is 1. The van der Waals surface area contributed by atoms with E-state index >= 15 is 0 Å². The lowest BCUT2D eigenvalue weighted by molar-refractivity contribution is -0.134. The van der Waals surface area contributed by atoms with E-state index in [0.717, 1.165) is 5.56 Å². The number of pyridine rings is 1. The number of carbonyl (C=O) groups excluding carboxylic acids is 2. The van der Waals surface area contributed by atoms with Crippen LogP contribution in [0.25, 0.3) is 10.8 Å². The van der Waals surface area contributed by atoms with Crippen molar-refractivity contribution < 1.29 is 19.5 Å². The lowest BCUT2D eigenvalue weighted by Crippen LogP contribution is -2.39. The van der Waals surface area contributed by atoms with Gasteiger partial charge in [0.1, 0.15) is 0 Å². The van der Waals surface area contributed by atoms with Crippen molar-refractivity contribution in [2.75, 3.05) is 0 Å². The molecule has 1 aromatic carbocycles. The zero-order valence-corrected chi connectivity index (χ0v) is 11.0. The second kappa shape index (κ2) is 4.97. The van der Waals surface area contributed by atoms with Crippen LogP contribution in [0.1, 0.15) is 34.8 Å². The van der Waals surface area contributed by atoms with Gasteiger partial charge in [-0.05, 0) is 23.4 Å². The number of fused-ring (bicyclic) bond motifs is 1. The van der Waals surface area contributed by atoms with Gasteiger partial charge in [-0.1, -0.05) is 18.2 Å². The summed E-state index contributed by atoms with van der Waals surface area (Å²) in [6.07, 6.45) is 2.12. The van der Waals surface area contributed by atoms with Crippen molar-refractivity contribution >= 4 is 28.6 Å². The first kappa shape index (κ1) is 13.2. The van der Waals surface area contributed by atoms with E-state index < -0.39 is 11.9 Å². The zero-order chi connectivity index (χ0) is 15.0. The summed E-state index contributed by atoms with van der Waals surface area (Å²) in [6, 6.07) is 6.85. The van der Waals surface area contributed by atoms with Crippen molar-refractivity contribution in [3.05, 3.63) is 41.7 Å². The molecule has 0 saturated carbocycles. The quantitative estimate of drug-likeness (QED) is 0.814. The molecule has 1 saturated heterocycles. The number of nitrogens with zero attached hydrogens (tertiary/aromatic N) is 1. The fraction of sp³-hybridized carbons (Fsp3) is 0.200. The Balaban J connectivity index is 2.16. The van der Waals surface area contributed by atoms with Gasteiger partial charge in [0.25, 0.3) is 0 Å². The number of aromatic carboxylic acids is 1. The van der Waals surface area contributed by atoms with Crippen LogP contribution in [0.3, 0.4) is 0 Å². The first-order valence-electron chi connectivity index (χ1n) is 6.52. The standard InChI is InChI=1S/C15H12N2O4/c18-12-5-4-11(14(19)17-12)8-2-1-3-10-9(8)6-7-16-13(10)15(20)21/h1-3,6-7,11H,4-5H2,(H,20,21)(H,17,18,19). The molecule has 6 heteroatoms. The van der Waals surface area contributed by atoms with E-state index in [4.69, 9.17) is 0 Å². The van der Waals surface area contributed by atoms with Crippen LogP contribution in [0.4, 0.5) is 0 Å². The average molecular weight is 284 g/mol. The number of rotatable bonds is 2. The van der Waals surface area contributed by atoms with Gasteiger partial charge in [-0.2, -0.15) is 0 Å². The fourth-order valence-corrected chi connectivity index (χ4v) is 2.70. The Bertz CT molecular complexity index is 769. The van der Waals surface area contributed by atoms with Crippen molar-refractivity contribution in [3.8, 4) is 0 Å². The number of carboxylic acids is 1. The molecule has 3 rings (SSSR count). The Morgan fingerprint density at radius 2 is 2.05 bits per heavy atom. The molecule has 0 aliphatic carbocycles. The van der Waals surface area contributed by atoms with Crippen LogP contribution >= 0.6 is 0 Å². The number of carbonyl (C=O) groups is 3. The van der Waals surface area contributed by atoms with Crippen molar-refractivity contribution in [3.63, 3.8) is 0 Å². The second-order valence-corrected chi connectivity index (χ2v) is 4.91. The van der Waals surface area contributed by atoms with Crippen LogP contribution < -0.4 is 5.32 Å². The highest BCUT2D eigenvalue weighted by molar-refractivity contribution is 6.06. The van der Waals surface area contributed by atoms with Crippen molar-refractivity contribution in [1.82, 2.24) is 10.3 Å². The van der Waals surface area contributed by atoms with Crippen LogP contribution in [-0.4, -0.2) is 27.9 Å². The van der Waals surface area contributed by atoms with Gasteiger partial charge in [-0.3, -0.25) is 14.9 Å². The molecule has 0 bridgehead atoms. The third-order valence-electron chi connectivity index (χ3n) is 3.66. The molecule has 2 amide bonds. The highest BCUT2D eigenvalue weighted by atomic mass is 16.4. The number of benzene rings is 1. The van der Waals surface area contributed by atoms with E-state index in [1.165, 1.54) is 6.20 Å². The minimum Gasteiger partial charge on any atom is -0.476 e. The van der Waals surface area contributed by atoms with Gasteiger partial charge in [0.05, 0.1) is 5.92 Å². The molecule has 1 aliphatic rings. The predicted molar refractivity (Wildman–Crippen MR) is 73.8 cm³/mol. The predicted octanol–water partition coefficient (Wildman–Crippen LogP) is 1.45. The van der Waals surface area contributed by atoms with E-state index in [9.17, 15) is 19.5 Å². The van der Waals surface area contributed by atoms with Gasteiger partial charge in [-0.25, -0.2) is 9.78 Å². The monoisotopic (exact) mass is 284 g/mol. The third-order valence-corrected chi connectivity index (χ3v) is 3.66. The Labute approximate surface area is 119 Å². The summed E-state index contributed by atoms with van der Waals surface area (Å²) in [5.41, 5.74) is 0.684. The molecule has 2 aromatic rings. The van der Waals surface area contributed by atoms with Crippen LogP contribution in [0.5, 0.6) is 0 Å². The average Bonchev–Trinajstić information content (AvgIpc) is 2.46. The molecule has 2 heterocycles. The summed E-state index contributed by atoms with van der Waals surface area (Å²) in [5.74, 6) is -2.17. The smallest absolute Gasteiger partial charge is 0.355 e. The number of nitrogens with one attached hydrogen (secondary N) is 1.